The van der Waals surface area contributed by atoms with Gasteiger partial charge in [-0.25, -0.2) is 8.78 Å². The number of nitrogens with one attached hydrogen (secondary N) is 1. The van der Waals surface area contributed by atoms with E-state index in [0.717, 1.165) is 25.3 Å². The third-order valence-corrected chi connectivity index (χ3v) is 4.09. The summed E-state index contributed by atoms with van der Waals surface area (Å²) in [4.78, 5) is 12.2. The zero-order chi connectivity index (χ0) is 14.7. The van der Waals surface area contributed by atoms with E-state index in [1.54, 1.807) is 6.92 Å². The monoisotopic (exact) mass is 318 g/mol. The van der Waals surface area contributed by atoms with Crippen LogP contribution in [0.2, 0.25) is 0 Å². The van der Waals surface area contributed by atoms with Crippen molar-refractivity contribution in [3.63, 3.8) is 0 Å². The van der Waals surface area contributed by atoms with Crippen molar-refractivity contribution >= 4 is 18.3 Å². The average molecular weight is 319 g/mol. The lowest BCUT2D eigenvalue weighted by molar-refractivity contribution is -0.126. The second kappa shape index (κ2) is 7.71. The number of nitrogens with two attached hydrogens (primary N) is 1. The smallest absolute Gasteiger partial charge is 0.223 e. The molecule has 0 heterocycles. The SMILES string of the molecule is CC(NC(=O)[C@@H]1CCC[C@@H]1CN)c1ccc(F)cc1F.Cl. The maximum absolute atomic E-state index is 13.7. The van der Waals surface area contributed by atoms with Gasteiger partial charge in [-0.1, -0.05) is 12.5 Å². The van der Waals surface area contributed by atoms with E-state index in [-0.39, 0.29) is 30.2 Å². The number of hydrogen-bond acceptors (Lipinski definition) is 2. The molecule has 1 aliphatic carbocycles. The van der Waals surface area contributed by atoms with Crippen LogP contribution in [0.4, 0.5) is 8.78 Å². The van der Waals surface area contributed by atoms with Crippen LogP contribution in [-0.4, -0.2) is 12.5 Å². The van der Waals surface area contributed by atoms with E-state index in [9.17, 15) is 13.6 Å². The largest absolute Gasteiger partial charge is 0.349 e. The molecule has 1 aromatic carbocycles. The molecule has 0 aliphatic heterocycles. The number of halogens is 3. The van der Waals surface area contributed by atoms with Crippen LogP contribution in [0.1, 0.15) is 37.8 Å². The first-order chi connectivity index (χ1) is 9.52. The van der Waals surface area contributed by atoms with E-state index in [4.69, 9.17) is 5.73 Å². The van der Waals surface area contributed by atoms with Crippen LogP contribution >= 0.6 is 12.4 Å². The molecule has 118 valence electrons. The summed E-state index contributed by atoms with van der Waals surface area (Å²) in [6.45, 7) is 2.19. The third-order valence-electron chi connectivity index (χ3n) is 4.09. The Morgan fingerprint density at radius 2 is 2.14 bits per heavy atom. The van der Waals surface area contributed by atoms with Gasteiger partial charge < -0.3 is 11.1 Å². The number of amides is 1. The molecule has 6 heteroatoms. The maximum atomic E-state index is 13.7. The van der Waals surface area contributed by atoms with E-state index in [0.29, 0.717) is 12.1 Å². The fraction of sp³-hybridized carbons (Fsp3) is 0.533. The lowest BCUT2D eigenvalue weighted by Crippen LogP contribution is -2.36. The summed E-state index contributed by atoms with van der Waals surface area (Å²) >= 11 is 0. The number of rotatable bonds is 4. The minimum absolute atomic E-state index is 0. The Bertz CT molecular complexity index is 499. The molecule has 1 fully saturated rings. The van der Waals surface area contributed by atoms with Crippen molar-refractivity contribution in [3.8, 4) is 0 Å². The molecule has 1 unspecified atom stereocenters. The fourth-order valence-electron chi connectivity index (χ4n) is 2.91. The van der Waals surface area contributed by atoms with Gasteiger partial charge in [0, 0.05) is 17.5 Å². The zero-order valence-corrected chi connectivity index (χ0v) is 12.8. The molecule has 1 aliphatic rings. The summed E-state index contributed by atoms with van der Waals surface area (Å²) in [6.07, 6.45) is 2.79. The minimum Gasteiger partial charge on any atom is -0.349 e. The van der Waals surface area contributed by atoms with Crippen LogP contribution in [0.5, 0.6) is 0 Å². The first-order valence-electron chi connectivity index (χ1n) is 6.98. The number of carbonyl (C=O) groups is 1. The Morgan fingerprint density at radius 1 is 1.43 bits per heavy atom. The maximum Gasteiger partial charge on any atom is 0.223 e. The zero-order valence-electron chi connectivity index (χ0n) is 11.9. The molecule has 1 aromatic rings. The molecule has 0 spiro atoms. The van der Waals surface area contributed by atoms with Crippen molar-refractivity contribution in [1.29, 1.82) is 0 Å². The highest BCUT2D eigenvalue weighted by Crippen LogP contribution is 2.31. The van der Waals surface area contributed by atoms with E-state index in [2.05, 4.69) is 5.32 Å². The van der Waals surface area contributed by atoms with Crippen molar-refractivity contribution in [2.75, 3.05) is 6.54 Å². The third kappa shape index (κ3) is 4.14. The van der Waals surface area contributed by atoms with E-state index in [1.165, 1.54) is 12.1 Å². The van der Waals surface area contributed by atoms with Crippen LogP contribution in [0.15, 0.2) is 18.2 Å². The predicted octanol–water partition coefficient (Wildman–Crippen LogP) is 2.94. The molecular weight excluding hydrogens is 298 g/mol. The lowest BCUT2D eigenvalue weighted by Gasteiger charge is -2.21. The van der Waals surface area contributed by atoms with E-state index in [1.807, 2.05) is 0 Å². The number of hydrogen-bond donors (Lipinski definition) is 2. The molecule has 1 amide bonds. The van der Waals surface area contributed by atoms with Crippen molar-refractivity contribution in [3.05, 3.63) is 35.4 Å². The van der Waals surface area contributed by atoms with E-state index >= 15 is 0 Å². The van der Waals surface area contributed by atoms with Gasteiger partial charge in [-0.15, -0.1) is 12.4 Å². The Hall–Kier alpha value is -1.20. The molecule has 1 saturated carbocycles. The standard InChI is InChI=1S/C15H20F2N2O.ClH/c1-9(12-6-5-11(16)7-14(12)17)19-15(20)13-4-2-3-10(13)8-18;/h5-7,9-10,13H,2-4,8,18H2,1H3,(H,19,20);1H/t9?,10-,13-;/m1./s1. The van der Waals surface area contributed by atoms with Crippen LogP contribution in [0.25, 0.3) is 0 Å². The molecule has 0 aromatic heterocycles. The molecule has 21 heavy (non-hydrogen) atoms. The van der Waals surface area contributed by atoms with E-state index < -0.39 is 17.7 Å². The molecule has 0 radical (unpaired) electrons. The van der Waals surface area contributed by atoms with Gasteiger partial charge in [0.1, 0.15) is 11.6 Å². The predicted molar refractivity (Wildman–Crippen MR) is 80.0 cm³/mol. The van der Waals surface area contributed by atoms with Crippen molar-refractivity contribution in [2.45, 2.75) is 32.2 Å². The van der Waals surface area contributed by atoms with Crippen LogP contribution in [0.3, 0.4) is 0 Å². The van der Waals surface area contributed by atoms with Crippen LogP contribution in [0, 0.1) is 23.5 Å². The summed E-state index contributed by atoms with van der Waals surface area (Å²) in [5, 5.41) is 2.81. The van der Waals surface area contributed by atoms with Crippen LogP contribution < -0.4 is 11.1 Å². The average Bonchev–Trinajstić information content (AvgIpc) is 2.86. The summed E-state index contributed by atoms with van der Waals surface area (Å²) in [5.41, 5.74) is 5.96. The first kappa shape index (κ1) is 17.9. The molecule has 3 atom stereocenters. The Balaban J connectivity index is 0.00000220. The van der Waals surface area contributed by atoms with Gasteiger partial charge in [0.05, 0.1) is 6.04 Å². The summed E-state index contributed by atoms with van der Waals surface area (Å²) in [6, 6.07) is 2.90. The van der Waals surface area contributed by atoms with Crippen molar-refractivity contribution in [2.24, 2.45) is 17.6 Å². The second-order valence-electron chi connectivity index (χ2n) is 5.43. The highest BCUT2D eigenvalue weighted by molar-refractivity contribution is 5.85. The molecule has 0 bridgehead atoms. The normalized spacial score (nSPS) is 22.5. The second-order valence-corrected chi connectivity index (χ2v) is 5.43. The quantitative estimate of drug-likeness (QED) is 0.897. The lowest BCUT2D eigenvalue weighted by atomic mass is 9.94. The highest BCUT2D eigenvalue weighted by Gasteiger charge is 2.32. The highest BCUT2D eigenvalue weighted by atomic mass is 35.5. The molecule has 2 rings (SSSR count). The van der Waals surface area contributed by atoms with Gasteiger partial charge in [-0.2, -0.15) is 0 Å². The summed E-state index contributed by atoms with van der Waals surface area (Å²) in [7, 11) is 0. The molecule has 3 nitrogen and oxygen atoms in total. The molecular formula is C15H21ClF2N2O. The number of carbonyl (C=O) groups excluding carboxylic acids is 1. The minimum atomic E-state index is -0.639. The molecule has 3 N–H and O–H groups in total. The van der Waals surface area contributed by atoms with Gasteiger partial charge in [-0.05, 0) is 38.3 Å². The topological polar surface area (TPSA) is 55.1 Å². The van der Waals surface area contributed by atoms with Crippen molar-refractivity contribution < 1.29 is 13.6 Å². The van der Waals surface area contributed by atoms with Crippen LogP contribution in [-0.2, 0) is 4.79 Å². The van der Waals surface area contributed by atoms with Gasteiger partial charge >= 0.3 is 0 Å². The van der Waals surface area contributed by atoms with Crippen molar-refractivity contribution in [1.82, 2.24) is 5.32 Å². The van der Waals surface area contributed by atoms with Gasteiger partial charge in [0.2, 0.25) is 5.91 Å². The number of benzene rings is 1. The van der Waals surface area contributed by atoms with Gasteiger partial charge in [0.25, 0.3) is 0 Å². The summed E-state index contributed by atoms with van der Waals surface area (Å²) < 4.78 is 26.5. The fourth-order valence-corrected chi connectivity index (χ4v) is 2.91. The Morgan fingerprint density at radius 3 is 2.76 bits per heavy atom. The molecule has 0 saturated heterocycles. The van der Waals surface area contributed by atoms with Gasteiger partial charge in [0.15, 0.2) is 0 Å². The summed E-state index contributed by atoms with van der Waals surface area (Å²) in [5.74, 6) is -1.23. The van der Waals surface area contributed by atoms with Gasteiger partial charge in [-0.3, -0.25) is 4.79 Å². The Labute approximate surface area is 129 Å². The first-order valence-corrected chi connectivity index (χ1v) is 6.98. The Kier molecular flexibility index (Phi) is 6.55.